The van der Waals surface area contributed by atoms with Gasteiger partial charge in [-0.3, -0.25) is 9.59 Å². The molecule has 0 unspecified atom stereocenters. The molecule has 1 aliphatic rings. The molecule has 6 heteroatoms. The molecule has 0 atom stereocenters. The van der Waals surface area contributed by atoms with E-state index in [9.17, 15) is 9.59 Å². The molecule has 2 amide bonds. The zero-order valence-electron chi connectivity index (χ0n) is 15.4. The number of carbonyl (C=O) groups excluding carboxylic acids is 2. The Bertz CT molecular complexity index is 603. The van der Waals surface area contributed by atoms with Gasteiger partial charge >= 0.3 is 11.8 Å². The number of carbonyl (C=O) groups is 2. The van der Waals surface area contributed by atoms with Gasteiger partial charge in [0, 0.05) is 31.7 Å². The molecular weight excluding hydrogens is 320 g/mol. The van der Waals surface area contributed by atoms with Crippen molar-refractivity contribution in [3.63, 3.8) is 0 Å². The summed E-state index contributed by atoms with van der Waals surface area (Å²) in [5.74, 6) is 0.545. The van der Waals surface area contributed by atoms with Crippen molar-refractivity contribution >= 4 is 11.8 Å². The topological polar surface area (TPSA) is 59.1 Å². The third-order valence-corrected chi connectivity index (χ3v) is 4.53. The minimum Gasteiger partial charge on any atom is -0.497 e. The van der Waals surface area contributed by atoms with Crippen LogP contribution < -0.4 is 9.47 Å². The van der Waals surface area contributed by atoms with Gasteiger partial charge in [0.15, 0.2) is 0 Å². The molecule has 0 N–H and O–H groups in total. The molecule has 1 aromatic carbocycles. The summed E-state index contributed by atoms with van der Waals surface area (Å²) in [5.41, 5.74) is 0.833. The van der Waals surface area contributed by atoms with Gasteiger partial charge < -0.3 is 19.3 Å². The highest BCUT2D eigenvalue weighted by Crippen LogP contribution is 2.26. The third-order valence-electron chi connectivity index (χ3n) is 4.53. The SMILES string of the molecule is CCCCCCN1CCN(Cc2cc(OC)ccc2OC)C(=O)C1=O. The quantitative estimate of drug-likeness (QED) is 0.508. The van der Waals surface area contributed by atoms with Crippen molar-refractivity contribution in [2.24, 2.45) is 0 Å². The Balaban J connectivity index is 1.99. The van der Waals surface area contributed by atoms with Gasteiger partial charge in [-0.05, 0) is 24.6 Å². The van der Waals surface area contributed by atoms with Crippen LogP contribution in [-0.4, -0.2) is 55.5 Å². The highest BCUT2D eigenvalue weighted by molar-refractivity contribution is 6.35. The third kappa shape index (κ3) is 4.87. The number of amides is 2. The van der Waals surface area contributed by atoms with Gasteiger partial charge in [0.2, 0.25) is 0 Å². The van der Waals surface area contributed by atoms with Crippen LogP contribution in [0.25, 0.3) is 0 Å². The molecule has 1 fully saturated rings. The summed E-state index contributed by atoms with van der Waals surface area (Å²) in [6, 6.07) is 5.46. The lowest BCUT2D eigenvalue weighted by molar-refractivity contribution is -0.156. The van der Waals surface area contributed by atoms with Crippen molar-refractivity contribution in [2.45, 2.75) is 39.2 Å². The van der Waals surface area contributed by atoms with Crippen molar-refractivity contribution in [1.29, 1.82) is 0 Å². The van der Waals surface area contributed by atoms with Crippen LogP contribution in [0.15, 0.2) is 18.2 Å². The summed E-state index contributed by atoms with van der Waals surface area (Å²) in [6.45, 7) is 4.29. The highest BCUT2D eigenvalue weighted by atomic mass is 16.5. The second-order valence-corrected chi connectivity index (χ2v) is 6.26. The summed E-state index contributed by atoms with van der Waals surface area (Å²) >= 11 is 0. The van der Waals surface area contributed by atoms with Crippen LogP contribution >= 0.6 is 0 Å². The number of unbranched alkanes of at least 4 members (excludes halogenated alkanes) is 3. The van der Waals surface area contributed by atoms with Gasteiger partial charge in [-0.25, -0.2) is 0 Å². The second kappa shape index (κ2) is 9.30. The van der Waals surface area contributed by atoms with E-state index in [0.717, 1.165) is 31.2 Å². The Morgan fingerprint density at radius 1 is 0.960 bits per heavy atom. The van der Waals surface area contributed by atoms with E-state index in [1.807, 2.05) is 18.2 Å². The summed E-state index contributed by atoms with van der Waals surface area (Å²) in [4.78, 5) is 28.1. The fourth-order valence-electron chi connectivity index (χ4n) is 3.02. The molecule has 0 saturated carbocycles. The summed E-state index contributed by atoms with van der Waals surface area (Å²) in [6.07, 6.45) is 4.37. The van der Waals surface area contributed by atoms with Crippen molar-refractivity contribution in [3.8, 4) is 11.5 Å². The van der Waals surface area contributed by atoms with E-state index < -0.39 is 11.8 Å². The number of ether oxygens (including phenoxy) is 2. The fourth-order valence-corrected chi connectivity index (χ4v) is 3.02. The molecule has 0 aliphatic carbocycles. The monoisotopic (exact) mass is 348 g/mol. The number of hydrogen-bond donors (Lipinski definition) is 0. The Hall–Kier alpha value is -2.24. The van der Waals surface area contributed by atoms with Crippen LogP contribution in [0.2, 0.25) is 0 Å². The first kappa shape index (κ1) is 19.1. The largest absolute Gasteiger partial charge is 0.497 e. The lowest BCUT2D eigenvalue weighted by Crippen LogP contribution is -2.54. The van der Waals surface area contributed by atoms with E-state index in [4.69, 9.17) is 9.47 Å². The van der Waals surface area contributed by atoms with E-state index in [-0.39, 0.29) is 0 Å². The standard InChI is InChI=1S/C19H28N2O4/c1-4-5-6-7-10-20-11-12-21(19(23)18(20)22)14-15-13-16(24-2)8-9-17(15)25-3/h8-9,13H,4-7,10-12,14H2,1-3H3. The van der Waals surface area contributed by atoms with Crippen LogP contribution in [0, 0.1) is 0 Å². The molecule has 1 heterocycles. The van der Waals surface area contributed by atoms with E-state index in [2.05, 4.69) is 6.92 Å². The predicted octanol–water partition coefficient (Wildman–Crippen LogP) is 2.45. The Morgan fingerprint density at radius 3 is 2.36 bits per heavy atom. The van der Waals surface area contributed by atoms with Gasteiger partial charge in [0.1, 0.15) is 11.5 Å². The summed E-state index contributed by atoms with van der Waals surface area (Å²) in [5, 5.41) is 0. The molecule has 0 spiro atoms. The second-order valence-electron chi connectivity index (χ2n) is 6.26. The van der Waals surface area contributed by atoms with Gasteiger partial charge in [0.05, 0.1) is 14.2 Å². The zero-order valence-corrected chi connectivity index (χ0v) is 15.4. The number of nitrogens with zero attached hydrogens (tertiary/aromatic N) is 2. The van der Waals surface area contributed by atoms with Crippen molar-refractivity contribution in [3.05, 3.63) is 23.8 Å². The Labute approximate surface area is 149 Å². The average molecular weight is 348 g/mol. The Morgan fingerprint density at radius 2 is 1.68 bits per heavy atom. The molecule has 1 saturated heterocycles. The van der Waals surface area contributed by atoms with Crippen LogP contribution in [0.4, 0.5) is 0 Å². The fraction of sp³-hybridized carbons (Fsp3) is 0.579. The summed E-state index contributed by atoms with van der Waals surface area (Å²) in [7, 11) is 3.18. The average Bonchev–Trinajstić information content (AvgIpc) is 2.64. The molecular formula is C19H28N2O4. The molecule has 138 valence electrons. The Kier molecular flexibility index (Phi) is 7.10. The number of benzene rings is 1. The van der Waals surface area contributed by atoms with E-state index in [1.165, 1.54) is 0 Å². The van der Waals surface area contributed by atoms with Gasteiger partial charge in [-0.1, -0.05) is 26.2 Å². The van der Waals surface area contributed by atoms with Crippen molar-refractivity contribution < 1.29 is 19.1 Å². The molecule has 0 radical (unpaired) electrons. The molecule has 0 bridgehead atoms. The maximum Gasteiger partial charge on any atom is 0.312 e. The smallest absolute Gasteiger partial charge is 0.312 e. The lowest BCUT2D eigenvalue weighted by atomic mass is 10.1. The van der Waals surface area contributed by atoms with Crippen molar-refractivity contribution in [2.75, 3.05) is 33.9 Å². The highest BCUT2D eigenvalue weighted by Gasteiger charge is 2.32. The van der Waals surface area contributed by atoms with Gasteiger partial charge in [-0.15, -0.1) is 0 Å². The van der Waals surface area contributed by atoms with E-state index in [1.54, 1.807) is 24.0 Å². The maximum atomic E-state index is 12.4. The van der Waals surface area contributed by atoms with E-state index >= 15 is 0 Å². The predicted molar refractivity (Wildman–Crippen MR) is 95.7 cm³/mol. The van der Waals surface area contributed by atoms with Crippen LogP contribution in [-0.2, 0) is 16.1 Å². The maximum absolute atomic E-state index is 12.4. The minimum absolute atomic E-state index is 0.342. The first-order valence-corrected chi connectivity index (χ1v) is 8.89. The molecule has 6 nitrogen and oxygen atoms in total. The molecule has 2 rings (SSSR count). The number of hydrogen-bond acceptors (Lipinski definition) is 4. The van der Waals surface area contributed by atoms with Crippen LogP contribution in [0.5, 0.6) is 11.5 Å². The molecule has 0 aromatic heterocycles. The van der Waals surface area contributed by atoms with Gasteiger partial charge in [0.25, 0.3) is 0 Å². The number of rotatable bonds is 9. The van der Waals surface area contributed by atoms with Crippen LogP contribution in [0.1, 0.15) is 38.2 Å². The normalized spacial score (nSPS) is 14.8. The number of piperazine rings is 1. The first-order chi connectivity index (χ1) is 12.1. The minimum atomic E-state index is -0.438. The molecule has 1 aliphatic heterocycles. The molecule has 25 heavy (non-hydrogen) atoms. The first-order valence-electron chi connectivity index (χ1n) is 8.89. The lowest BCUT2D eigenvalue weighted by Gasteiger charge is -2.34. The summed E-state index contributed by atoms with van der Waals surface area (Å²) < 4.78 is 10.6. The van der Waals surface area contributed by atoms with Gasteiger partial charge in [-0.2, -0.15) is 0 Å². The van der Waals surface area contributed by atoms with E-state index in [0.29, 0.717) is 37.7 Å². The number of methoxy groups -OCH3 is 2. The molecule has 1 aromatic rings. The van der Waals surface area contributed by atoms with Crippen LogP contribution in [0.3, 0.4) is 0 Å². The van der Waals surface area contributed by atoms with Crippen molar-refractivity contribution in [1.82, 2.24) is 9.80 Å². The zero-order chi connectivity index (χ0) is 18.2.